The van der Waals surface area contributed by atoms with E-state index >= 15 is 0 Å². The summed E-state index contributed by atoms with van der Waals surface area (Å²) in [6, 6.07) is 8.09. The molecule has 3 aromatic rings. The average molecular weight is 382 g/mol. The van der Waals surface area contributed by atoms with E-state index in [9.17, 15) is 22.0 Å². The van der Waals surface area contributed by atoms with Crippen molar-refractivity contribution in [2.24, 2.45) is 0 Å². The predicted octanol–water partition coefficient (Wildman–Crippen LogP) is 3.16. The molecule has 1 aromatic heterocycles. The molecule has 0 fully saturated rings. The van der Waals surface area contributed by atoms with E-state index in [4.69, 9.17) is 0 Å². The number of hydrogen-bond donors (Lipinski definition) is 1. The number of halogens is 2. The fourth-order valence-electron chi connectivity index (χ4n) is 2.21. The lowest BCUT2D eigenvalue weighted by Crippen LogP contribution is -2.15. The standard InChI is InChI=1S/C16H12F2N2O3S2/c1-25(22,23)10-5-6-12-13(8-10)24-16(19-12)20-14(21)7-9-3-2-4-11(17)15(9)18/h2-6,8H,7H2,1H3,(H,19,20,21). The van der Waals surface area contributed by atoms with Crippen LogP contribution in [0.3, 0.4) is 0 Å². The van der Waals surface area contributed by atoms with Gasteiger partial charge >= 0.3 is 0 Å². The summed E-state index contributed by atoms with van der Waals surface area (Å²) < 4.78 is 50.5. The van der Waals surface area contributed by atoms with E-state index in [-0.39, 0.29) is 22.0 Å². The molecule has 0 radical (unpaired) electrons. The van der Waals surface area contributed by atoms with Gasteiger partial charge in [-0.05, 0) is 24.3 Å². The Kier molecular flexibility index (Phi) is 4.53. The topological polar surface area (TPSA) is 76.1 Å². The molecule has 9 heteroatoms. The Hall–Kier alpha value is -2.39. The lowest BCUT2D eigenvalue weighted by atomic mass is 10.1. The number of hydrogen-bond acceptors (Lipinski definition) is 5. The Morgan fingerprint density at radius 2 is 2.00 bits per heavy atom. The number of aromatic nitrogens is 1. The fourth-order valence-corrected chi connectivity index (χ4v) is 3.85. The molecule has 5 nitrogen and oxygen atoms in total. The fraction of sp³-hybridized carbons (Fsp3) is 0.125. The van der Waals surface area contributed by atoms with Crippen molar-refractivity contribution >= 4 is 42.4 Å². The maximum absolute atomic E-state index is 13.6. The molecule has 0 saturated carbocycles. The average Bonchev–Trinajstić information content (AvgIpc) is 2.92. The number of sulfone groups is 1. The zero-order chi connectivity index (χ0) is 18.2. The predicted molar refractivity (Wildman–Crippen MR) is 91.4 cm³/mol. The van der Waals surface area contributed by atoms with Gasteiger partial charge in [0.05, 0.1) is 21.5 Å². The summed E-state index contributed by atoms with van der Waals surface area (Å²) in [5.41, 5.74) is 0.475. The number of anilines is 1. The van der Waals surface area contributed by atoms with Crippen molar-refractivity contribution in [2.75, 3.05) is 11.6 Å². The van der Waals surface area contributed by atoms with Gasteiger partial charge in [0.1, 0.15) is 0 Å². The smallest absolute Gasteiger partial charge is 0.230 e. The van der Waals surface area contributed by atoms with Crippen LogP contribution in [-0.2, 0) is 21.1 Å². The first kappa shape index (κ1) is 17.4. The molecular formula is C16H12F2N2O3S2. The van der Waals surface area contributed by atoms with E-state index in [1.165, 1.54) is 24.3 Å². The number of carbonyl (C=O) groups is 1. The van der Waals surface area contributed by atoms with Crippen molar-refractivity contribution in [3.05, 3.63) is 53.6 Å². The SMILES string of the molecule is CS(=O)(=O)c1ccc2nc(NC(=O)Cc3cccc(F)c3F)sc2c1. The number of rotatable bonds is 4. The molecule has 0 aliphatic carbocycles. The first-order chi connectivity index (χ1) is 11.7. The Morgan fingerprint density at radius 1 is 1.24 bits per heavy atom. The van der Waals surface area contributed by atoms with Crippen LogP contribution in [0.15, 0.2) is 41.3 Å². The Labute approximate surface area is 146 Å². The number of benzene rings is 2. The van der Waals surface area contributed by atoms with Gasteiger partial charge in [-0.2, -0.15) is 0 Å². The van der Waals surface area contributed by atoms with Crippen molar-refractivity contribution in [1.29, 1.82) is 0 Å². The van der Waals surface area contributed by atoms with E-state index < -0.39 is 27.4 Å². The number of nitrogens with one attached hydrogen (secondary N) is 1. The molecule has 3 rings (SSSR count). The van der Waals surface area contributed by atoms with E-state index in [0.717, 1.165) is 23.7 Å². The number of fused-ring (bicyclic) bond motifs is 1. The van der Waals surface area contributed by atoms with Crippen LogP contribution in [0.5, 0.6) is 0 Å². The highest BCUT2D eigenvalue weighted by Crippen LogP contribution is 2.28. The van der Waals surface area contributed by atoms with Crippen molar-refractivity contribution < 1.29 is 22.0 Å². The molecule has 1 N–H and O–H groups in total. The molecule has 0 bridgehead atoms. The molecule has 0 atom stereocenters. The first-order valence-corrected chi connectivity index (χ1v) is 9.78. The largest absolute Gasteiger partial charge is 0.302 e. The van der Waals surface area contributed by atoms with Crippen molar-refractivity contribution in [3.8, 4) is 0 Å². The molecule has 1 heterocycles. The third-order valence-electron chi connectivity index (χ3n) is 3.42. The van der Waals surface area contributed by atoms with Gasteiger partial charge in [-0.15, -0.1) is 0 Å². The highest BCUT2D eigenvalue weighted by atomic mass is 32.2. The second kappa shape index (κ2) is 6.49. The van der Waals surface area contributed by atoms with Crippen LogP contribution in [0.25, 0.3) is 10.2 Å². The molecule has 1 amide bonds. The minimum absolute atomic E-state index is 0.0574. The monoisotopic (exact) mass is 382 g/mol. The highest BCUT2D eigenvalue weighted by molar-refractivity contribution is 7.90. The van der Waals surface area contributed by atoms with E-state index in [1.807, 2.05) is 0 Å². The van der Waals surface area contributed by atoms with Gasteiger partial charge in [-0.3, -0.25) is 4.79 Å². The van der Waals surface area contributed by atoms with E-state index in [1.54, 1.807) is 6.07 Å². The summed E-state index contributed by atoms with van der Waals surface area (Å²) in [5, 5.41) is 2.77. The van der Waals surface area contributed by atoms with Gasteiger partial charge in [0.2, 0.25) is 5.91 Å². The third-order valence-corrected chi connectivity index (χ3v) is 5.46. The summed E-state index contributed by atoms with van der Waals surface area (Å²) >= 11 is 1.10. The van der Waals surface area contributed by atoms with Gasteiger partial charge in [-0.25, -0.2) is 22.2 Å². The summed E-state index contributed by atoms with van der Waals surface area (Å²) in [6.45, 7) is 0. The van der Waals surface area contributed by atoms with Gasteiger partial charge in [-0.1, -0.05) is 23.5 Å². The third kappa shape index (κ3) is 3.83. The number of thiazole rings is 1. The lowest BCUT2D eigenvalue weighted by molar-refractivity contribution is -0.115. The van der Waals surface area contributed by atoms with Gasteiger partial charge in [0, 0.05) is 11.8 Å². The van der Waals surface area contributed by atoms with Crippen LogP contribution in [0.4, 0.5) is 13.9 Å². The second-order valence-electron chi connectivity index (χ2n) is 5.36. The molecular weight excluding hydrogens is 370 g/mol. The van der Waals surface area contributed by atoms with Gasteiger partial charge < -0.3 is 5.32 Å². The van der Waals surface area contributed by atoms with Crippen molar-refractivity contribution in [2.45, 2.75) is 11.3 Å². The molecule has 0 spiro atoms. The summed E-state index contributed by atoms with van der Waals surface area (Å²) in [7, 11) is -3.34. The van der Waals surface area contributed by atoms with Crippen LogP contribution in [0.1, 0.15) is 5.56 Å². The summed E-state index contributed by atoms with van der Waals surface area (Å²) in [5.74, 6) is -2.62. The van der Waals surface area contributed by atoms with Crippen molar-refractivity contribution in [3.63, 3.8) is 0 Å². The maximum Gasteiger partial charge on any atom is 0.230 e. The van der Waals surface area contributed by atoms with Crippen molar-refractivity contribution in [1.82, 2.24) is 4.98 Å². The molecule has 0 saturated heterocycles. The van der Waals surface area contributed by atoms with Crippen LogP contribution in [0.2, 0.25) is 0 Å². The molecule has 0 aliphatic rings. The Morgan fingerprint density at radius 3 is 2.72 bits per heavy atom. The molecule has 2 aromatic carbocycles. The normalized spacial score (nSPS) is 11.6. The zero-order valence-electron chi connectivity index (χ0n) is 12.9. The Bertz CT molecular complexity index is 1080. The lowest BCUT2D eigenvalue weighted by Gasteiger charge is -2.03. The van der Waals surface area contributed by atoms with Crippen LogP contribution in [0, 0.1) is 11.6 Å². The highest BCUT2D eigenvalue weighted by Gasteiger charge is 2.15. The maximum atomic E-state index is 13.6. The first-order valence-electron chi connectivity index (χ1n) is 7.07. The van der Waals surface area contributed by atoms with Gasteiger partial charge in [0.15, 0.2) is 26.6 Å². The Balaban J connectivity index is 1.80. The van der Waals surface area contributed by atoms with E-state index in [0.29, 0.717) is 10.2 Å². The molecule has 0 aliphatic heterocycles. The number of carbonyl (C=O) groups excluding carboxylic acids is 1. The zero-order valence-corrected chi connectivity index (χ0v) is 14.5. The summed E-state index contributed by atoms with van der Waals surface area (Å²) in [6.07, 6.45) is 0.763. The second-order valence-corrected chi connectivity index (χ2v) is 8.40. The quantitative estimate of drug-likeness (QED) is 0.752. The number of nitrogens with zero attached hydrogens (tertiary/aromatic N) is 1. The van der Waals surface area contributed by atoms with Crippen LogP contribution in [-0.4, -0.2) is 25.6 Å². The number of amides is 1. The van der Waals surface area contributed by atoms with Gasteiger partial charge in [0.25, 0.3) is 0 Å². The molecule has 25 heavy (non-hydrogen) atoms. The van der Waals surface area contributed by atoms with Crippen LogP contribution < -0.4 is 5.32 Å². The minimum Gasteiger partial charge on any atom is -0.302 e. The molecule has 0 unspecified atom stereocenters. The summed E-state index contributed by atoms with van der Waals surface area (Å²) in [4.78, 5) is 16.4. The molecule has 130 valence electrons. The van der Waals surface area contributed by atoms with Crippen LogP contribution >= 0.6 is 11.3 Å². The minimum atomic E-state index is -3.34. The van der Waals surface area contributed by atoms with E-state index in [2.05, 4.69) is 10.3 Å².